The molecule has 1 aliphatic heterocycles. The van der Waals surface area contributed by atoms with Crippen LogP contribution < -0.4 is 16.4 Å². The van der Waals surface area contributed by atoms with Crippen molar-refractivity contribution in [1.29, 1.82) is 0 Å². The first-order valence-electron chi connectivity index (χ1n) is 15.1. The summed E-state index contributed by atoms with van der Waals surface area (Å²) in [6.07, 6.45) is 18.1. The number of hydrogen-bond donors (Lipinski definition) is 2. The van der Waals surface area contributed by atoms with Gasteiger partial charge in [-0.2, -0.15) is 0 Å². The van der Waals surface area contributed by atoms with Gasteiger partial charge in [0.05, 0.1) is 10.7 Å². The standard InChI is InChI=1S/C37H48ClN4P/c1-7-9-13-31(29(23-39)24-41-30-21-28(8-2)34(20-26(3)4)36(43)22-30)32-14-12-15-33(37(32)38)35(40-6)17-16-27(5)25-42-18-10-11-19-42/h7,9,12-17,21-24,40H,3,8,10-11,18-20,25,39,43H2,1-2,4-6H3/b9-7-,27-16+,29-23?,31-13+,35-17-,41-24?. The number of hydrogen-bond acceptors (Lipinski definition) is 4. The van der Waals surface area contributed by atoms with Crippen LogP contribution in [0.2, 0.25) is 5.02 Å². The van der Waals surface area contributed by atoms with Crippen LogP contribution in [-0.4, -0.2) is 37.8 Å². The van der Waals surface area contributed by atoms with Gasteiger partial charge in [-0.25, -0.2) is 0 Å². The zero-order valence-corrected chi connectivity index (χ0v) is 28.4. The molecule has 2 aromatic rings. The third-order valence-corrected chi connectivity index (χ3v) is 8.50. The summed E-state index contributed by atoms with van der Waals surface area (Å²) in [6, 6.07) is 10.4. The number of likely N-dealkylation sites (tertiary alicyclic amines) is 1. The molecule has 2 aromatic carbocycles. The summed E-state index contributed by atoms with van der Waals surface area (Å²) in [4.78, 5) is 7.37. The maximum atomic E-state index is 7.15. The van der Waals surface area contributed by atoms with E-state index in [0.29, 0.717) is 5.02 Å². The first kappa shape index (κ1) is 34.3. The first-order chi connectivity index (χ1) is 20.7. The fourth-order valence-corrected chi connectivity index (χ4v) is 6.14. The minimum absolute atomic E-state index is 0.655. The topological polar surface area (TPSA) is 53.6 Å². The van der Waals surface area contributed by atoms with Crippen LogP contribution in [0.15, 0.2) is 95.2 Å². The number of allylic oxidation sites excluding steroid dienone is 8. The van der Waals surface area contributed by atoms with Crippen molar-refractivity contribution in [2.45, 2.75) is 53.4 Å². The van der Waals surface area contributed by atoms with Crippen LogP contribution >= 0.6 is 20.8 Å². The third-order valence-electron chi connectivity index (χ3n) is 7.57. The Balaban J connectivity index is 1.98. The Morgan fingerprint density at radius 1 is 1.14 bits per heavy atom. The van der Waals surface area contributed by atoms with Gasteiger partial charge in [-0.3, -0.25) is 9.89 Å². The molecule has 1 heterocycles. The van der Waals surface area contributed by atoms with E-state index in [2.05, 4.69) is 71.1 Å². The number of benzene rings is 2. The van der Waals surface area contributed by atoms with Gasteiger partial charge in [-0.15, -0.1) is 9.24 Å². The normalized spacial score (nSPS) is 15.7. The van der Waals surface area contributed by atoms with E-state index in [1.165, 1.54) is 42.6 Å². The fourth-order valence-electron chi connectivity index (χ4n) is 5.35. The average Bonchev–Trinajstić information content (AvgIpc) is 3.50. The van der Waals surface area contributed by atoms with Gasteiger partial charge >= 0.3 is 0 Å². The van der Waals surface area contributed by atoms with Crippen molar-refractivity contribution >= 4 is 49.3 Å². The summed E-state index contributed by atoms with van der Waals surface area (Å²) >= 11 is 7.15. The Labute approximate surface area is 267 Å². The zero-order valence-electron chi connectivity index (χ0n) is 26.5. The van der Waals surface area contributed by atoms with E-state index < -0.39 is 0 Å². The van der Waals surface area contributed by atoms with Crippen LogP contribution in [0.5, 0.6) is 0 Å². The summed E-state index contributed by atoms with van der Waals surface area (Å²) < 4.78 is 0. The Hall–Kier alpha value is -3.17. The molecule has 0 amide bonds. The summed E-state index contributed by atoms with van der Waals surface area (Å²) in [7, 11) is 4.80. The monoisotopic (exact) mass is 614 g/mol. The molecular formula is C37H48ClN4P. The predicted octanol–water partition coefficient (Wildman–Crippen LogP) is 8.33. The van der Waals surface area contributed by atoms with Crippen molar-refractivity contribution in [2.75, 3.05) is 26.7 Å². The fraction of sp³-hybridized carbons (Fsp3) is 0.324. The van der Waals surface area contributed by atoms with Crippen LogP contribution in [-0.2, 0) is 12.8 Å². The van der Waals surface area contributed by atoms with Crippen molar-refractivity contribution in [2.24, 2.45) is 10.7 Å². The molecule has 1 unspecified atom stereocenters. The molecule has 4 nitrogen and oxygen atoms in total. The van der Waals surface area contributed by atoms with E-state index in [1.54, 1.807) is 6.20 Å². The minimum atomic E-state index is 0.655. The van der Waals surface area contributed by atoms with E-state index >= 15 is 0 Å². The molecule has 0 spiro atoms. The van der Waals surface area contributed by atoms with Crippen LogP contribution in [0.1, 0.15) is 62.8 Å². The van der Waals surface area contributed by atoms with Gasteiger partial charge < -0.3 is 11.1 Å². The molecule has 0 radical (unpaired) electrons. The Morgan fingerprint density at radius 3 is 2.49 bits per heavy atom. The lowest BCUT2D eigenvalue weighted by Crippen LogP contribution is -2.21. The second-order valence-electron chi connectivity index (χ2n) is 11.1. The highest BCUT2D eigenvalue weighted by Gasteiger charge is 2.16. The van der Waals surface area contributed by atoms with Crippen LogP contribution in [0.4, 0.5) is 5.69 Å². The molecule has 0 bridgehead atoms. The van der Waals surface area contributed by atoms with Crippen LogP contribution in [0, 0.1) is 0 Å². The number of nitrogens with two attached hydrogens (primary N) is 1. The average molecular weight is 615 g/mol. The van der Waals surface area contributed by atoms with Gasteiger partial charge in [0.25, 0.3) is 0 Å². The van der Waals surface area contributed by atoms with Gasteiger partial charge in [0.2, 0.25) is 0 Å². The van der Waals surface area contributed by atoms with Crippen molar-refractivity contribution in [3.63, 3.8) is 0 Å². The quantitative estimate of drug-likeness (QED) is 0.103. The van der Waals surface area contributed by atoms with Gasteiger partial charge in [-0.05, 0) is 99.8 Å². The van der Waals surface area contributed by atoms with Crippen molar-refractivity contribution in [3.8, 4) is 0 Å². The number of halogens is 1. The molecule has 6 heteroatoms. The number of aryl methyl sites for hydroxylation is 1. The lowest BCUT2D eigenvalue weighted by Gasteiger charge is -2.16. The molecule has 43 heavy (non-hydrogen) atoms. The van der Waals surface area contributed by atoms with Gasteiger partial charge in [0.1, 0.15) is 0 Å². The number of rotatable bonds is 13. The summed E-state index contributed by atoms with van der Waals surface area (Å²) in [5, 5.41) is 5.15. The molecule has 1 aliphatic rings. The number of nitrogens with one attached hydrogen (secondary N) is 1. The Bertz CT molecular complexity index is 1470. The summed E-state index contributed by atoms with van der Waals surface area (Å²) in [5.74, 6) is 0. The highest BCUT2D eigenvalue weighted by atomic mass is 35.5. The van der Waals surface area contributed by atoms with Crippen LogP contribution in [0.25, 0.3) is 11.3 Å². The number of nitrogens with zero attached hydrogens (tertiary/aromatic N) is 2. The molecule has 3 rings (SSSR count). The SMILES string of the molecule is C=C(C)Cc1c(P)cc(N=CC(=CN)/C(=C\C=C/C)c2cccc(/C(=C/C=C(\C)CN3CCCC3)NC)c2Cl)cc1CC. The molecule has 1 fully saturated rings. The highest BCUT2D eigenvalue weighted by Crippen LogP contribution is 2.34. The lowest BCUT2D eigenvalue weighted by atomic mass is 9.95. The summed E-state index contributed by atoms with van der Waals surface area (Å²) in [6.45, 7) is 15.9. The van der Waals surface area contributed by atoms with Crippen molar-refractivity contribution in [3.05, 3.63) is 117 Å². The Morgan fingerprint density at radius 2 is 1.86 bits per heavy atom. The number of aliphatic imine (C=N–C) groups is 1. The molecule has 228 valence electrons. The molecule has 1 saturated heterocycles. The summed E-state index contributed by atoms with van der Waals surface area (Å²) in [5.41, 5.74) is 16.6. The highest BCUT2D eigenvalue weighted by molar-refractivity contribution is 7.27. The first-order valence-corrected chi connectivity index (χ1v) is 16.1. The molecule has 1 atom stereocenters. The molecule has 0 aromatic heterocycles. The Kier molecular flexibility index (Phi) is 13.7. The maximum Gasteiger partial charge on any atom is 0.0639 e. The molecular weight excluding hydrogens is 567 g/mol. The van der Waals surface area contributed by atoms with E-state index in [1.807, 2.05) is 56.6 Å². The maximum absolute atomic E-state index is 7.15. The van der Waals surface area contributed by atoms with Crippen molar-refractivity contribution in [1.82, 2.24) is 10.2 Å². The molecule has 0 aliphatic carbocycles. The third kappa shape index (κ3) is 9.66. The van der Waals surface area contributed by atoms with E-state index in [4.69, 9.17) is 22.3 Å². The van der Waals surface area contributed by atoms with Gasteiger partial charge in [-0.1, -0.05) is 78.8 Å². The van der Waals surface area contributed by atoms with Gasteiger partial charge in [0, 0.05) is 48.4 Å². The zero-order chi connectivity index (χ0) is 31.4. The van der Waals surface area contributed by atoms with Crippen LogP contribution in [0.3, 0.4) is 0 Å². The van der Waals surface area contributed by atoms with E-state index in [9.17, 15) is 0 Å². The largest absolute Gasteiger partial charge is 0.404 e. The molecule has 3 N–H and O–H groups in total. The predicted molar refractivity (Wildman–Crippen MR) is 195 cm³/mol. The molecule has 0 saturated carbocycles. The van der Waals surface area contributed by atoms with Crippen molar-refractivity contribution < 1.29 is 0 Å². The smallest absolute Gasteiger partial charge is 0.0639 e. The second-order valence-corrected chi connectivity index (χ2v) is 12.1. The van der Waals surface area contributed by atoms with E-state index in [-0.39, 0.29) is 0 Å². The minimum Gasteiger partial charge on any atom is -0.404 e. The van der Waals surface area contributed by atoms with E-state index in [0.717, 1.165) is 63.9 Å². The second kappa shape index (κ2) is 17.2. The van der Waals surface area contributed by atoms with Gasteiger partial charge in [0.15, 0.2) is 0 Å². The lowest BCUT2D eigenvalue weighted by molar-refractivity contribution is 0.368.